The first kappa shape index (κ1) is 12.2. The number of pyridine rings is 1. The highest BCUT2D eigenvalue weighted by Crippen LogP contribution is 2.25. The zero-order chi connectivity index (χ0) is 13.1. The molecule has 0 aromatic carbocycles. The van der Waals surface area contributed by atoms with Gasteiger partial charge >= 0.3 is 5.97 Å². The molecule has 0 saturated carbocycles. The van der Waals surface area contributed by atoms with Crippen LogP contribution in [0, 0.1) is 5.92 Å². The lowest BCUT2D eigenvalue weighted by molar-refractivity contribution is -0.142. The van der Waals surface area contributed by atoms with Gasteiger partial charge in [0.1, 0.15) is 0 Å². The minimum absolute atomic E-state index is 0.0201. The van der Waals surface area contributed by atoms with Crippen molar-refractivity contribution in [3.63, 3.8) is 0 Å². The molecule has 6 heteroatoms. The van der Waals surface area contributed by atoms with E-state index in [0.717, 1.165) is 0 Å². The molecule has 0 fully saturated rings. The van der Waals surface area contributed by atoms with Crippen LogP contribution < -0.4 is 5.01 Å². The Morgan fingerprint density at radius 3 is 2.72 bits per heavy atom. The Morgan fingerprint density at radius 1 is 1.44 bits per heavy atom. The molecule has 0 saturated heterocycles. The van der Waals surface area contributed by atoms with Crippen molar-refractivity contribution in [2.45, 2.75) is 13.3 Å². The van der Waals surface area contributed by atoms with E-state index in [9.17, 15) is 9.59 Å². The Bertz CT molecular complexity index is 499. The third-order valence-electron chi connectivity index (χ3n) is 2.77. The number of esters is 1. The van der Waals surface area contributed by atoms with Gasteiger partial charge in [0.15, 0.2) is 0 Å². The van der Waals surface area contributed by atoms with Gasteiger partial charge in [-0.05, 0) is 19.1 Å². The zero-order valence-corrected chi connectivity index (χ0v) is 10.2. The largest absolute Gasteiger partial charge is 0.469 e. The topological polar surface area (TPSA) is 71.9 Å². The van der Waals surface area contributed by atoms with Crippen LogP contribution in [-0.2, 0) is 14.3 Å². The summed E-state index contributed by atoms with van der Waals surface area (Å²) in [5.74, 6) is -1.17. The minimum Gasteiger partial charge on any atom is -0.469 e. The highest BCUT2D eigenvalue weighted by atomic mass is 16.5. The van der Waals surface area contributed by atoms with E-state index in [4.69, 9.17) is 0 Å². The SMILES string of the molecule is COC(=O)CC1C(=O)N(c2ccncc2)N=C1C. The van der Waals surface area contributed by atoms with Crippen LogP contribution in [-0.4, -0.2) is 29.7 Å². The van der Waals surface area contributed by atoms with Gasteiger partial charge in [0.25, 0.3) is 5.91 Å². The van der Waals surface area contributed by atoms with Crippen LogP contribution in [0.1, 0.15) is 13.3 Å². The van der Waals surface area contributed by atoms with Crippen molar-refractivity contribution in [2.75, 3.05) is 12.1 Å². The Morgan fingerprint density at radius 2 is 2.11 bits per heavy atom. The summed E-state index contributed by atoms with van der Waals surface area (Å²) in [6.07, 6.45) is 3.19. The number of anilines is 1. The summed E-state index contributed by atoms with van der Waals surface area (Å²) in [6, 6.07) is 3.38. The van der Waals surface area contributed by atoms with Gasteiger partial charge in [-0.25, -0.2) is 5.01 Å². The van der Waals surface area contributed by atoms with Crippen molar-refractivity contribution in [1.82, 2.24) is 4.98 Å². The maximum atomic E-state index is 12.2. The molecule has 0 N–H and O–H groups in total. The maximum absolute atomic E-state index is 12.2. The lowest BCUT2D eigenvalue weighted by Crippen LogP contribution is -2.29. The fourth-order valence-corrected chi connectivity index (χ4v) is 1.76. The number of carbonyl (C=O) groups is 2. The van der Waals surface area contributed by atoms with Crippen molar-refractivity contribution in [3.05, 3.63) is 24.5 Å². The van der Waals surface area contributed by atoms with Crippen molar-refractivity contribution in [3.8, 4) is 0 Å². The summed E-state index contributed by atoms with van der Waals surface area (Å²) in [7, 11) is 1.30. The van der Waals surface area contributed by atoms with E-state index in [1.165, 1.54) is 12.1 Å². The molecule has 94 valence electrons. The second-order valence-corrected chi connectivity index (χ2v) is 3.93. The number of hydrazone groups is 1. The smallest absolute Gasteiger partial charge is 0.306 e. The lowest BCUT2D eigenvalue weighted by atomic mass is 10.0. The van der Waals surface area contributed by atoms with Gasteiger partial charge in [-0.2, -0.15) is 5.10 Å². The molecule has 1 unspecified atom stereocenters. The molecule has 2 heterocycles. The van der Waals surface area contributed by atoms with Crippen LogP contribution in [0.4, 0.5) is 5.69 Å². The van der Waals surface area contributed by atoms with Crippen molar-refractivity contribution < 1.29 is 14.3 Å². The van der Waals surface area contributed by atoms with E-state index < -0.39 is 11.9 Å². The van der Waals surface area contributed by atoms with E-state index in [1.807, 2.05) is 0 Å². The average molecular weight is 247 g/mol. The van der Waals surface area contributed by atoms with Crippen LogP contribution >= 0.6 is 0 Å². The third kappa shape index (κ3) is 2.22. The van der Waals surface area contributed by atoms with Crippen molar-refractivity contribution in [2.24, 2.45) is 11.0 Å². The van der Waals surface area contributed by atoms with Crippen LogP contribution in [0.15, 0.2) is 29.6 Å². The summed E-state index contributed by atoms with van der Waals surface area (Å²) in [4.78, 5) is 27.3. The summed E-state index contributed by atoms with van der Waals surface area (Å²) in [5, 5.41) is 5.47. The summed E-state index contributed by atoms with van der Waals surface area (Å²) < 4.78 is 4.58. The normalized spacial score (nSPS) is 18.8. The van der Waals surface area contributed by atoms with Gasteiger partial charge in [0.2, 0.25) is 0 Å². The van der Waals surface area contributed by atoms with E-state index in [1.54, 1.807) is 31.5 Å². The van der Waals surface area contributed by atoms with Crippen LogP contribution in [0.25, 0.3) is 0 Å². The standard InChI is InChI=1S/C12H13N3O3/c1-8-10(7-11(16)18-2)12(17)15(14-8)9-3-5-13-6-4-9/h3-6,10H,7H2,1-2H3. The molecule has 0 spiro atoms. The van der Waals surface area contributed by atoms with E-state index >= 15 is 0 Å². The maximum Gasteiger partial charge on any atom is 0.306 e. The molecule has 0 radical (unpaired) electrons. The quantitative estimate of drug-likeness (QED) is 0.746. The Balaban J connectivity index is 2.19. The Kier molecular flexibility index (Phi) is 3.36. The van der Waals surface area contributed by atoms with Gasteiger partial charge in [0, 0.05) is 18.1 Å². The molecule has 1 aromatic rings. The molecule has 1 amide bonds. The van der Waals surface area contributed by atoms with Crippen molar-refractivity contribution >= 4 is 23.3 Å². The summed E-state index contributed by atoms with van der Waals surface area (Å²) in [5.41, 5.74) is 1.25. The Labute approximate surface area is 104 Å². The van der Waals surface area contributed by atoms with Gasteiger partial charge in [-0.3, -0.25) is 14.6 Å². The third-order valence-corrected chi connectivity index (χ3v) is 2.77. The number of aromatic nitrogens is 1. The fraction of sp³-hybridized carbons (Fsp3) is 0.333. The summed E-state index contributed by atoms with van der Waals surface area (Å²) >= 11 is 0. The number of methoxy groups -OCH3 is 1. The number of rotatable bonds is 3. The first-order valence-corrected chi connectivity index (χ1v) is 5.49. The summed E-state index contributed by atoms with van der Waals surface area (Å²) in [6.45, 7) is 1.73. The van der Waals surface area contributed by atoms with E-state index in [0.29, 0.717) is 11.4 Å². The first-order valence-electron chi connectivity index (χ1n) is 5.49. The second-order valence-electron chi connectivity index (χ2n) is 3.93. The molecule has 1 atom stereocenters. The van der Waals surface area contributed by atoms with E-state index in [-0.39, 0.29) is 12.3 Å². The van der Waals surface area contributed by atoms with Gasteiger partial charge in [-0.15, -0.1) is 0 Å². The number of carbonyl (C=O) groups excluding carboxylic acids is 2. The Hall–Kier alpha value is -2.24. The van der Waals surface area contributed by atoms with Crippen LogP contribution in [0.5, 0.6) is 0 Å². The molecule has 6 nitrogen and oxygen atoms in total. The van der Waals surface area contributed by atoms with E-state index in [2.05, 4.69) is 14.8 Å². The molecule has 2 rings (SSSR count). The van der Waals surface area contributed by atoms with Gasteiger partial charge < -0.3 is 4.74 Å². The zero-order valence-electron chi connectivity index (χ0n) is 10.2. The first-order chi connectivity index (χ1) is 8.63. The molecule has 1 aliphatic rings. The fourth-order valence-electron chi connectivity index (χ4n) is 1.76. The molecule has 0 aliphatic carbocycles. The molecule has 18 heavy (non-hydrogen) atoms. The predicted molar refractivity (Wildman–Crippen MR) is 65.0 cm³/mol. The molecular formula is C12H13N3O3. The number of amides is 1. The molecule has 0 bridgehead atoms. The van der Waals surface area contributed by atoms with Crippen LogP contribution in [0.2, 0.25) is 0 Å². The number of hydrogen-bond acceptors (Lipinski definition) is 5. The number of nitrogens with zero attached hydrogens (tertiary/aromatic N) is 3. The van der Waals surface area contributed by atoms with Crippen LogP contribution in [0.3, 0.4) is 0 Å². The number of ether oxygens (including phenoxy) is 1. The molecular weight excluding hydrogens is 234 g/mol. The minimum atomic E-state index is -0.536. The predicted octanol–water partition coefficient (Wildman–Crippen LogP) is 0.983. The highest BCUT2D eigenvalue weighted by molar-refractivity contribution is 6.16. The van der Waals surface area contributed by atoms with Crippen molar-refractivity contribution in [1.29, 1.82) is 0 Å². The monoisotopic (exact) mass is 247 g/mol. The second kappa shape index (κ2) is 4.95. The van der Waals surface area contributed by atoms with Gasteiger partial charge in [0.05, 0.1) is 25.1 Å². The number of hydrogen-bond donors (Lipinski definition) is 0. The molecule has 1 aromatic heterocycles. The average Bonchev–Trinajstić information content (AvgIpc) is 2.67. The molecule has 1 aliphatic heterocycles. The highest BCUT2D eigenvalue weighted by Gasteiger charge is 2.36. The van der Waals surface area contributed by atoms with Gasteiger partial charge in [-0.1, -0.05) is 0 Å². The lowest BCUT2D eigenvalue weighted by Gasteiger charge is -2.13.